The summed E-state index contributed by atoms with van der Waals surface area (Å²) < 4.78 is 14.5. The van der Waals surface area contributed by atoms with Gasteiger partial charge in [0.05, 0.1) is 6.10 Å². The van der Waals surface area contributed by atoms with Crippen LogP contribution >= 0.6 is 0 Å². The van der Waals surface area contributed by atoms with Crippen molar-refractivity contribution in [3.8, 4) is 12.3 Å². The molecule has 2 nitrogen and oxygen atoms in total. The van der Waals surface area contributed by atoms with E-state index in [2.05, 4.69) is 108 Å². The molecule has 2 saturated carbocycles. The Bertz CT molecular complexity index is 972. The minimum Gasteiger partial charge on any atom is -0.413 e. The standard InChI is InChI=1S/C32H46O2Si2/c1-8-29-30-24-26(22-25(30)23-31(29)34-35(9-2,10-3)11-4)33-36(32(5,6)7,27-18-14-12-15-19-27)28-20-16-13-17-21-28/h1,12-21,25-26,29-31H,9-11,22-24H2,2-7H3/t25-,26-,29+,30-,31+/m0/s1. The van der Waals surface area contributed by atoms with Gasteiger partial charge in [0.1, 0.15) is 0 Å². The van der Waals surface area contributed by atoms with Gasteiger partial charge in [-0.3, -0.25) is 0 Å². The molecule has 0 spiro atoms. The highest BCUT2D eigenvalue weighted by molar-refractivity contribution is 6.99. The third kappa shape index (κ3) is 4.93. The van der Waals surface area contributed by atoms with Crippen LogP contribution in [-0.2, 0) is 8.85 Å². The van der Waals surface area contributed by atoms with Crippen LogP contribution in [0.1, 0.15) is 60.8 Å². The summed E-state index contributed by atoms with van der Waals surface area (Å²) in [5, 5.41) is 2.72. The van der Waals surface area contributed by atoms with Crippen LogP contribution in [0.2, 0.25) is 23.2 Å². The maximum atomic E-state index is 7.50. The molecule has 2 aromatic rings. The van der Waals surface area contributed by atoms with E-state index >= 15 is 0 Å². The zero-order valence-electron chi connectivity index (χ0n) is 23.3. The molecule has 2 aromatic carbocycles. The molecule has 2 aliphatic carbocycles. The van der Waals surface area contributed by atoms with Crippen LogP contribution in [0.5, 0.6) is 0 Å². The smallest absolute Gasteiger partial charge is 0.261 e. The Morgan fingerprint density at radius 1 is 0.806 bits per heavy atom. The van der Waals surface area contributed by atoms with Gasteiger partial charge in [0.15, 0.2) is 8.32 Å². The van der Waals surface area contributed by atoms with E-state index in [9.17, 15) is 0 Å². The van der Waals surface area contributed by atoms with E-state index in [0.717, 1.165) is 19.3 Å². The number of rotatable bonds is 9. The number of fused-ring (bicyclic) bond motifs is 1. The number of benzene rings is 2. The van der Waals surface area contributed by atoms with Gasteiger partial charge >= 0.3 is 0 Å². The van der Waals surface area contributed by atoms with Crippen molar-refractivity contribution in [2.75, 3.05) is 0 Å². The highest BCUT2D eigenvalue weighted by atomic mass is 28.4. The van der Waals surface area contributed by atoms with Crippen molar-refractivity contribution in [3.05, 3.63) is 60.7 Å². The second-order valence-electron chi connectivity index (χ2n) is 12.1. The van der Waals surface area contributed by atoms with Crippen LogP contribution in [0.15, 0.2) is 60.7 Å². The number of hydrogen-bond acceptors (Lipinski definition) is 2. The largest absolute Gasteiger partial charge is 0.413 e. The molecule has 0 aliphatic heterocycles. The van der Waals surface area contributed by atoms with Crippen molar-refractivity contribution in [3.63, 3.8) is 0 Å². The molecule has 2 aliphatic rings. The predicted octanol–water partition coefficient (Wildman–Crippen LogP) is 7.00. The molecular formula is C32H46O2Si2. The summed E-state index contributed by atoms with van der Waals surface area (Å²) in [6, 6.07) is 25.6. The average Bonchev–Trinajstić information content (AvgIpc) is 3.42. The van der Waals surface area contributed by atoms with E-state index in [-0.39, 0.29) is 23.2 Å². The van der Waals surface area contributed by atoms with Crippen molar-refractivity contribution in [2.24, 2.45) is 17.8 Å². The lowest BCUT2D eigenvalue weighted by Crippen LogP contribution is -2.67. The summed E-state index contributed by atoms with van der Waals surface area (Å²) in [6.45, 7) is 14.0. The molecule has 4 heteroatoms. The van der Waals surface area contributed by atoms with Gasteiger partial charge in [-0.15, -0.1) is 12.3 Å². The van der Waals surface area contributed by atoms with Crippen molar-refractivity contribution in [2.45, 2.75) is 96.2 Å². The van der Waals surface area contributed by atoms with Crippen LogP contribution in [0, 0.1) is 30.1 Å². The fourth-order valence-electron chi connectivity index (χ4n) is 7.25. The Morgan fingerprint density at radius 3 is 1.78 bits per heavy atom. The molecule has 0 heterocycles. The van der Waals surface area contributed by atoms with Crippen molar-refractivity contribution in [1.82, 2.24) is 0 Å². The van der Waals surface area contributed by atoms with E-state index in [1.54, 1.807) is 0 Å². The number of hydrogen-bond donors (Lipinski definition) is 0. The van der Waals surface area contributed by atoms with Gasteiger partial charge in [0.2, 0.25) is 0 Å². The second kappa shape index (κ2) is 11.0. The highest BCUT2D eigenvalue weighted by Crippen LogP contribution is 2.52. The summed E-state index contributed by atoms with van der Waals surface area (Å²) in [5.74, 6) is 4.55. The molecule has 36 heavy (non-hydrogen) atoms. The van der Waals surface area contributed by atoms with E-state index in [4.69, 9.17) is 15.3 Å². The van der Waals surface area contributed by atoms with Crippen LogP contribution in [0.4, 0.5) is 0 Å². The van der Waals surface area contributed by atoms with E-state index in [1.807, 2.05) is 0 Å². The minimum absolute atomic E-state index is 0.000841. The molecule has 5 atom stereocenters. The van der Waals surface area contributed by atoms with E-state index in [1.165, 1.54) is 28.5 Å². The second-order valence-corrected chi connectivity index (χ2v) is 21.1. The van der Waals surface area contributed by atoms with Crippen molar-refractivity contribution in [1.29, 1.82) is 0 Å². The Labute approximate surface area is 222 Å². The first-order valence-corrected chi connectivity index (χ1v) is 18.6. The molecule has 0 saturated heterocycles. The molecule has 0 unspecified atom stereocenters. The fraction of sp³-hybridized carbons (Fsp3) is 0.562. The van der Waals surface area contributed by atoms with Gasteiger partial charge in [0, 0.05) is 12.0 Å². The molecule has 0 N–H and O–H groups in total. The molecule has 2 fully saturated rings. The molecule has 194 valence electrons. The van der Waals surface area contributed by atoms with Crippen molar-refractivity contribution < 1.29 is 8.85 Å². The summed E-state index contributed by atoms with van der Waals surface area (Å²) >= 11 is 0. The first-order valence-electron chi connectivity index (χ1n) is 14.2. The topological polar surface area (TPSA) is 18.5 Å². The lowest BCUT2D eigenvalue weighted by atomic mass is 9.92. The normalized spacial score (nSPS) is 26.5. The van der Waals surface area contributed by atoms with Gasteiger partial charge in [-0.2, -0.15) is 0 Å². The van der Waals surface area contributed by atoms with Gasteiger partial charge < -0.3 is 8.85 Å². The predicted molar refractivity (Wildman–Crippen MR) is 158 cm³/mol. The van der Waals surface area contributed by atoms with Crippen LogP contribution in [0.3, 0.4) is 0 Å². The van der Waals surface area contributed by atoms with Gasteiger partial charge in [0.25, 0.3) is 8.32 Å². The summed E-state index contributed by atoms with van der Waals surface area (Å²) in [7, 11) is -4.22. The average molecular weight is 519 g/mol. The monoisotopic (exact) mass is 518 g/mol. The van der Waals surface area contributed by atoms with Crippen LogP contribution < -0.4 is 10.4 Å². The zero-order valence-corrected chi connectivity index (χ0v) is 25.3. The van der Waals surface area contributed by atoms with E-state index in [0.29, 0.717) is 11.8 Å². The first-order chi connectivity index (χ1) is 17.2. The Kier molecular flexibility index (Phi) is 8.36. The zero-order chi connectivity index (χ0) is 26.0. The molecular weight excluding hydrogens is 473 g/mol. The lowest BCUT2D eigenvalue weighted by Gasteiger charge is -2.45. The quantitative estimate of drug-likeness (QED) is 0.263. The highest BCUT2D eigenvalue weighted by Gasteiger charge is 2.55. The maximum absolute atomic E-state index is 7.50. The van der Waals surface area contributed by atoms with Crippen LogP contribution in [0.25, 0.3) is 0 Å². The Morgan fingerprint density at radius 2 is 1.33 bits per heavy atom. The molecule has 4 rings (SSSR count). The molecule has 0 radical (unpaired) electrons. The minimum atomic E-state index is -2.54. The number of terminal acetylenes is 1. The van der Waals surface area contributed by atoms with Gasteiger partial charge in [-0.1, -0.05) is 102 Å². The molecule has 0 bridgehead atoms. The van der Waals surface area contributed by atoms with Gasteiger partial charge in [-0.25, -0.2) is 0 Å². The van der Waals surface area contributed by atoms with E-state index < -0.39 is 16.6 Å². The third-order valence-corrected chi connectivity index (χ3v) is 19.2. The summed E-state index contributed by atoms with van der Waals surface area (Å²) in [4.78, 5) is 0. The fourth-order valence-corrected chi connectivity index (χ4v) is 14.8. The Hall–Kier alpha value is -1.65. The third-order valence-electron chi connectivity index (χ3n) is 9.39. The molecule has 0 amide bonds. The SMILES string of the molecule is C#C[C@@H]1[C@H]2C[C@@H](O[Si](c3ccccc3)(c3ccccc3)C(C)(C)C)C[C@H]2C[C@H]1O[Si](CC)(CC)CC. The van der Waals surface area contributed by atoms with Gasteiger partial charge in [-0.05, 0) is 64.6 Å². The maximum Gasteiger partial charge on any atom is 0.261 e. The summed E-state index contributed by atoms with van der Waals surface area (Å²) in [5.41, 5.74) is 0. The van der Waals surface area contributed by atoms with Crippen LogP contribution in [-0.4, -0.2) is 28.8 Å². The Balaban J connectivity index is 1.62. The lowest BCUT2D eigenvalue weighted by molar-refractivity contribution is 0.131. The molecule has 0 aromatic heterocycles. The first kappa shape index (κ1) is 27.4. The summed E-state index contributed by atoms with van der Waals surface area (Å²) in [6.07, 6.45) is 9.95. The van der Waals surface area contributed by atoms with Crippen molar-refractivity contribution >= 4 is 27.0 Å².